The van der Waals surface area contributed by atoms with Crippen molar-refractivity contribution in [3.8, 4) is 0 Å². The van der Waals surface area contributed by atoms with Crippen molar-refractivity contribution in [3.05, 3.63) is 33.7 Å². The fourth-order valence-corrected chi connectivity index (χ4v) is 3.11. The topological polar surface area (TPSA) is 71.4 Å². The first-order valence-electron chi connectivity index (χ1n) is 8.54. The van der Waals surface area contributed by atoms with Crippen molar-refractivity contribution >= 4 is 11.8 Å². The van der Waals surface area contributed by atoms with E-state index in [0.29, 0.717) is 18.8 Å². The molecule has 2 amide bonds. The molecule has 0 aromatic carbocycles. The van der Waals surface area contributed by atoms with Crippen molar-refractivity contribution in [3.63, 3.8) is 0 Å². The van der Waals surface area contributed by atoms with Crippen LogP contribution in [0.3, 0.4) is 0 Å². The van der Waals surface area contributed by atoms with E-state index in [1.807, 2.05) is 18.7 Å². The number of carbonyl (C=O) groups is 2. The molecular weight excluding hydrogens is 306 g/mol. The van der Waals surface area contributed by atoms with Crippen molar-refractivity contribution in [1.82, 2.24) is 14.8 Å². The van der Waals surface area contributed by atoms with Crippen LogP contribution in [0.2, 0.25) is 0 Å². The highest BCUT2D eigenvalue weighted by atomic mass is 16.2. The minimum atomic E-state index is -0.245. The normalized spacial score (nSPS) is 17.9. The smallest absolute Gasteiger partial charge is 0.268 e. The maximum atomic E-state index is 12.4. The number of likely N-dealkylation sites (tertiary alicyclic amines) is 1. The Kier molecular flexibility index (Phi) is 5.80. The average Bonchev–Trinajstić information content (AvgIpc) is 2.55. The monoisotopic (exact) mass is 333 g/mol. The van der Waals surface area contributed by atoms with Gasteiger partial charge in [0.05, 0.1) is 0 Å². The number of amides is 2. The molecule has 132 valence electrons. The summed E-state index contributed by atoms with van der Waals surface area (Å²) in [5, 5.41) is 2.92. The summed E-state index contributed by atoms with van der Waals surface area (Å²) < 4.78 is 1.71. The lowest BCUT2D eigenvalue weighted by atomic mass is 9.97. The molecule has 0 radical (unpaired) electrons. The quantitative estimate of drug-likeness (QED) is 0.903. The number of aryl methyl sites for hydroxylation is 1. The van der Waals surface area contributed by atoms with Crippen LogP contribution in [0.25, 0.3) is 0 Å². The van der Waals surface area contributed by atoms with Crippen LogP contribution in [-0.4, -0.2) is 40.9 Å². The standard InChI is InChI=1S/C18H27N3O3/c1-12(2)18(24)21-7-5-6-14(11-21)10-19-17(23)16-9-15(22)8-13(3)20(16)4/h8-9,12,14H,5-7,10-11H2,1-4H3,(H,19,23)/t14-/m1/s1. The Morgan fingerprint density at radius 3 is 2.71 bits per heavy atom. The van der Waals surface area contributed by atoms with Crippen molar-refractivity contribution in [2.45, 2.75) is 33.6 Å². The average molecular weight is 333 g/mol. The zero-order chi connectivity index (χ0) is 17.9. The highest BCUT2D eigenvalue weighted by molar-refractivity contribution is 5.92. The third kappa shape index (κ3) is 4.24. The molecule has 6 nitrogen and oxygen atoms in total. The van der Waals surface area contributed by atoms with E-state index in [-0.39, 0.29) is 29.1 Å². The maximum absolute atomic E-state index is 12.4. The van der Waals surface area contributed by atoms with Gasteiger partial charge in [0.25, 0.3) is 5.91 Å². The molecule has 24 heavy (non-hydrogen) atoms. The third-order valence-corrected chi connectivity index (χ3v) is 4.63. The second kappa shape index (κ2) is 7.64. The van der Waals surface area contributed by atoms with Crippen LogP contribution in [0.4, 0.5) is 0 Å². The molecule has 1 aromatic heterocycles. The number of aromatic nitrogens is 1. The van der Waals surface area contributed by atoms with Gasteiger partial charge >= 0.3 is 0 Å². The van der Waals surface area contributed by atoms with Gasteiger partial charge in [-0.25, -0.2) is 0 Å². The Morgan fingerprint density at radius 2 is 2.04 bits per heavy atom. The van der Waals surface area contributed by atoms with Crippen LogP contribution in [0.1, 0.15) is 42.9 Å². The molecule has 1 aliphatic heterocycles. The second-order valence-electron chi connectivity index (χ2n) is 6.93. The van der Waals surface area contributed by atoms with E-state index < -0.39 is 0 Å². The summed E-state index contributed by atoms with van der Waals surface area (Å²) in [6, 6.07) is 2.87. The summed E-state index contributed by atoms with van der Waals surface area (Å²) in [7, 11) is 1.77. The first-order valence-corrected chi connectivity index (χ1v) is 8.54. The Bertz CT molecular complexity index is 679. The van der Waals surface area contributed by atoms with E-state index >= 15 is 0 Å². The molecule has 0 bridgehead atoms. The number of hydrogen-bond donors (Lipinski definition) is 1. The highest BCUT2D eigenvalue weighted by Crippen LogP contribution is 2.18. The molecule has 0 saturated carbocycles. The first kappa shape index (κ1) is 18.2. The Hall–Kier alpha value is -2.11. The van der Waals surface area contributed by atoms with Crippen molar-refractivity contribution in [1.29, 1.82) is 0 Å². The van der Waals surface area contributed by atoms with E-state index in [4.69, 9.17) is 0 Å². The van der Waals surface area contributed by atoms with Crippen molar-refractivity contribution in [2.24, 2.45) is 18.9 Å². The summed E-state index contributed by atoms with van der Waals surface area (Å²) in [4.78, 5) is 38.0. The molecule has 6 heteroatoms. The number of carbonyl (C=O) groups excluding carboxylic acids is 2. The van der Waals surface area contributed by atoms with Crippen LogP contribution < -0.4 is 10.7 Å². The fourth-order valence-electron chi connectivity index (χ4n) is 3.11. The lowest BCUT2D eigenvalue weighted by molar-refractivity contribution is -0.136. The molecule has 1 N–H and O–H groups in total. The third-order valence-electron chi connectivity index (χ3n) is 4.63. The minimum absolute atomic E-state index is 0.000148. The predicted octanol–water partition coefficient (Wildman–Crippen LogP) is 1.32. The number of piperidine rings is 1. The lowest BCUT2D eigenvalue weighted by Gasteiger charge is -2.34. The highest BCUT2D eigenvalue weighted by Gasteiger charge is 2.25. The van der Waals surface area contributed by atoms with E-state index in [2.05, 4.69) is 5.32 Å². The molecule has 0 aliphatic carbocycles. The molecule has 2 rings (SSSR count). The zero-order valence-corrected chi connectivity index (χ0v) is 15.0. The number of pyridine rings is 1. The number of rotatable bonds is 4. The molecule has 1 fully saturated rings. The van der Waals surface area contributed by atoms with Gasteiger partial charge in [-0.15, -0.1) is 0 Å². The summed E-state index contributed by atoms with van der Waals surface area (Å²) >= 11 is 0. The van der Waals surface area contributed by atoms with E-state index in [9.17, 15) is 14.4 Å². The van der Waals surface area contributed by atoms with Gasteiger partial charge in [-0.2, -0.15) is 0 Å². The summed E-state index contributed by atoms with van der Waals surface area (Å²) in [6.45, 7) is 7.62. The van der Waals surface area contributed by atoms with E-state index in [1.54, 1.807) is 18.5 Å². The van der Waals surface area contributed by atoms with E-state index in [0.717, 1.165) is 25.1 Å². The number of hydrogen-bond acceptors (Lipinski definition) is 3. The van der Waals surface area contributed by atoms with Gasteiger partial charge < -0.3 is 14.8 Å². The van der Waals surface area contributed by atoms with Crippen molar-refractivity contribution in [2.75, 3.05) is 19.6 Å². The van der Waals surface area contributed by atoms with Gasteiger partial charge in [0.1, 0.15) is 5.69 Å². The summed E-state index contributed by atoms with van der Waals surface area (Å²) in [5.41, 5.74) is 0.951. The molecule has 0 unspecified atom stereocenters. The summed E-state index contributed by atoms with van der Waals surface area (Å²) in [5.74, 6) is 0.185. The first-order chi connectivity index (χ1) is 11.3. The maximum Gasteiger partial charge on any atom is 0.268 e. The Morgan fingerprint density at radius 1 is 1.33 bits per heavy atom. The predicted molar refractivity (Wildman–Crippen MR) is 92.9 cm³/mol. The van der Waals surface area contributed by atoms with Crippen molar-refractivity contribution < 1.29 is 9.59 Å². The van der Waals surface area contributed by atoms with Crippen LogP contribution in [0, 0.1) is 18.8 Å². The molecule has 1 aromatic rings. The van der Waals surface area contributed by atoms with Gasteiger partial charge in [-0.1, -0.05) is 13.8 Å². The molecule has 1 aliphatic rings. The van der Waals surface area contributed by atoms with Gasteiger partial charge in [-0.3, -0.25) is 14.4 Å². The zero-order valence-electron chi connectivity index (χ0n) is 15.0. The molecule has 1 atom stereocenters. The fraction of sp³-hybridized carbons (Fsp3) is 0.611. The van der Waals surface area contributed by atoms with Gasteiger partial charge in [-0.05, 0) is 25.7 Å². The number of nitrogens with zero attached hydrogens (tertiary/aromatic N) is 2. The van der Waals surface area contributed by atoms with Gasteiger partial charge in [0.15, 0.2) is 5.43 Å². The Labute approximate surface area is 142 Å². The van der Waals surface area contributed by atoms with Crippen LogP contribution in [0.5, 0.6) is 0 Å². The van der Waals surface area contributed by atoms with Gasteiger partial charge in [0.2, 0.25) is 5.91 Å². The molecule has 2 heterocycles. The lowest BCUT2D eigenvalue weighted by Crippen LogP contribution is -2.45. The molecule has 0 spiro atoms. The van der Waals surface area contributed by atoms with Gasteiger partial charge in [0, 0.05) is 50.4 Å². The minimum Gasteiger partial charge on any atom is -0.350 e. The Balaban J connectivity index is 1.97. The molecule has 1 saturated heterocycles. The number of nitrogens with one attached hydrogen (secondary N) is 1. The SMILES string of the molecule is Cc1cc(=O)cc(C(=O)NC[C@H]2CCCN(C(=O)C(C)C)C2)n1C. The molecular formula is C18H27N3O3. The second-order valence-corrected chi connectivity index (χ2v) is 6.93. The van der Waals surface area contributed by atoms with Crippen LogP contribution in [0.15, 0.2) is 16.9 Å². The van der Waals surface area contributed by atoms with Crippen LogP contribution >= 0.6 is 0 Å². The van der Waals surface area contributed by atoms with Crippen LogP contribution in [-0.2, 0) is 11.8 Å². The largest absolute Gasteiger partial charge is 0.350 e. The summed E-state index contributed by atoms with van der Waals surface area (Å²) in [6.07, 6.45) is 1.96. The van der Waals surface area contributed by atoms with E-state index in [1.165, 1.54) is 12.1 Å².